The number of thioether (sulfide) groups is 1. The third-order valence-corrected chi connectivity index (χ3v) is 5.32. The van der Waals surface area contributed by atoms with E-state index in [4.69, 9.17) is 4.74 Å². The molecule has 1 atom stereocenters. The molecule has 5 nitrogen and oxygen atoms in total. The molecule has 0 aliphatic carbocycles. The summed E-state index contributed by atoms with van der Waals surface area (Å²) >= 11 is 1.68. The molecular weight excluding hydrogens is 387 g/mol. The summed E-state index contributed by atoms with van der Waals surface area (Å²) in [6.45, 7) is 1.24. The molecule has 0 aliphatic heterocycles. The van der Waals surface area contributed by atoms with E-state index in [0.29, 0.717) is 19.0 Å². The molecule has 0 aromatic heterocycles. The van der Waals surface area contributed by atoms with Gasteiger partial charge in [-0.2, -0.15) is 11.8 Å². The molecule has 2 aromatic rings. The molecule has 0 saturated carbocycles. The van der Waals surface area contributed by atoms with Gasteiger partial charge in [-0.1, -0.05) is 24.3 Å². The molecule has 1 unspecified atom stereocenters. The second kappa shape index (κ2) is 11.7. The lowest BCUT2D eigenvalue weighted by Crippen LogP contribution is -2.41. The number of nitrogens with zero attached hydrogens (tertiary/aromatic N) is 2. The second-order valence-corrected chi connectivity index (χ2v) is 7.74. The fourth-order valence-corrected chi connectivity index (χ4v) is 3.74. The molecule has 0 saturated heterocycles. The van der Waals surface area contributed by atoms with Crippen LogP contribution in [0, 0.1) is 5.82 Å². The van der Waals surface area contributed by atoms with Crippen molar-refractivity contribution < 1.29 is 9.13 Å². The number of methoxy groups -OCH3 is 1. The van der Waals surface area contributed by atoms with Crippen molar-refractivity contribution in [3.05, 3.63) is 65.0 Å². The van der Waals surface area contributed by atoms with Crippen LogP contribution in [0.15, 0.2) is 47.5 Å². The molecular formula is C22H31FN4OS. The summed E-state index contributed by atoms with van der Waals surface area (Å²) < 4.78 is 19.1. The maximum absolute atomic E-state index is 13.6. The lowest BCUT2D eigenvalue weighted by atomic mass is 10.0. The van der Waals surface area contributed by atoms with Gasteiger partial charge in [-0.25, -0.2) is 4.39 Å². The number of guanidine groups is 1. The number of likely N-dealkylation sites (N-methyl/N-ethyl adjacent to an activating group) is 1. The number of rotatable bonds is 9. The van der Waals surface area contributed by atoms with Gasteiger partial charge in [0.05, 0.1) is 13.2 Å². The van der Waals surface area contributed by atoms with Gasteiger partial charge in [0.25, 0.3) is 0 Å². The van der Waals surface area contributed by atoms with Crippen LogP contribution >= 0.6 is 11.8 Å². The average molecular weight is 419 g/mol. The van der Waals surface area contributed by atoms with Gasteiger partial charge in [0.1, 0.15) is 11.6 Å². The molecule has 158 valence electrons. The molecule has 0 bridgehead atoms. The van der Waals surface area contributed by atoms with E-state index in [-0.39, 0.29) is 11.9 Å². The van der Waals surface area contributed by atoms with Crippen LogP contribution in [0.1, 0.15) is 22.7 Å². The third kappa shape index (κ3) is 6.65. The number of aliphatic imine (C=N–C) groups is 1. The minimum atomic E-state index is -0.203. The SMILES string of the molecule is CN=C(NCc1ccc(F)cc1CSC)NCC(c1ccccc1OC)N(C)C. The van der Waals surface area contributed by atoms with Crippen LogP contribution in [0.2, 0.25) is 0 Å². The molecule has 0 spiro atoms. The number of para-hydroxylation sites is 1. The first-order valence-electron chi connectivity index (χ1n) is 9.50. The highest BCUT2D eigenvalue weighted by molar-refractivity contribution is 7.97. The van der Waals surface area contributed by atoms with Crippen LogP contribution in [0.4, 0.5) is 4.39 Å². The van der Waals surface area contributed by atoms with Crippen LogP contribution in [-0.2, 0) is 12.3 Å². The largest absolute Gasteiger partial charge is 0.496 e. The van der Waals surface area contributed by atoms with Crippen molar-refractivity contribution in [2.24, 2.45) is 4.99 Å². The van der Waals surface area contributed by atoms with Gasteiger partial charge in [0.15, 0.2) is 5.96 Å². The number of hydrogen-bond donors (Lipinski definition) is 2. The fraction of sp³-hybridized carbons (Fsp3) is 0.409. The first-order valence-corrected chi connectivity index (χ1v) is 10.9. The van der Waals surface area contributed by atoms with Crippen LogP contribution in [0.3, 0.4) is 0 Å². The van der Waals surface area contributed by atoms with Gasteiger partial charge >= 0.3 is 0 Å². The Morgan fingerprint density at radius 1 is 1.17 bits per heavy atom. The summed E-state index contributed by atoms with van der Waals surface area (Å²) in [5.41, 5.74) is 3.18. The van der Waals surface area contributed by atoms with Crippen molar-refractivity contribution in [2.75, 3.05) is 41.1 Å². The smallest absolute Gasteiger partial charge is 0.191 e. The van der Waals surface area contributed by atoms with Crippen molar-refractivity contribution >= 4 is 17.7 Å². The van der Waals surface area contributed by atoms with Crippen LogP contribution < -0.4 is 15.4 Å². The molecule has 0 amide bonds. The quantitative estimate of drug-likeness (QED) is 0.481. The first kappa shape index (κ1) is 23.0. The zero-order chi connectivity index (χ0) is 21.2. The van der Waals surface area contributed by atoms with Gasteiger partial charge in [-0.3, -0.25) is 4.99 Å². The summed E-state index contributed by atoms with van der Waals surface area (Å²) in [6.07, 6.45) is 2.02. The Morgan fingerprint density at radius 3 is 2.59 bits per heavy atom. The van der Waals surface area contributed by atoms with Crippen LogP contribution in [-0.4, -0.2) is 51.9 Å². The highest BCUT2D eigenvalue weighted by Gasteiger charge is 2.18. The monoisotopic (exact) mass is 418 g/mol. The zero-order valence-electron chi connectivity index (χ0n) is 17.8. The number of ether oxygens (including phenoxy) is 1. The third-order valence-electron chi connectivity index (χ3n) is 4.72. The van der Waals surface area contributed by atoms with E-state index in [1.54, 1.807) is 32.0 Å². The van der Waals surface area contributed by atoms with E-state index in [2.05, 4.69) is 26.6 Å². The van der Waals surface area contributed by atoms with Crippen molar-refractivity contribution in [3.63, 3.8) is 0 Å². The van der Waals surface area contributed by atoms with Gasteiger partial charge < -0.3 is 20.3 Å². The lowest BCUT2D eigenvalue weighted by Gasteiger charge is -2.27. The van der Waals surface area contributed by atoms with Gasteiger partial charge in [0, 0.05) is 31.5 Å². The number of halogens is 1. The Hall–Kier alpha value is -2.25. The Labute approximate surface area is 177 Å². The molecule has 0 radical (unpaired) electrons. The standard InChI is InChI=1S/C22H31FN4OS/c1-24-22(25-13-16-10-11-18(23)12-17(16)15-29-5)26-14-20(27(2)3)19-8-6-7-9-21(19)28-4/h6-12,20H,13-15H2,1-5H3,(H2,24,25,26). The molecule has 7 heteroatoms. The summed E-state index contributed by atoms with van der Waals surface area (Å²) in [4.78, 5) is 6.48. The maximum Gasteiger partial charge on any atom is 0.191 e. The van der Waals surface area contributed by atoms with Crippen molar-refractivity contribution in [2.45, 2.75) is 18.3 Å². The van der Waals surface area contributed by atoms with Crippen LogP contribution in [0.5, 0.6) is 5.75 Å². The highest BCUT2D eigenvalue weighted by atomic mass is 32.2. The molecule has 0 fully saturated rings. The summed E-state index contributed by atoms with van der Waals surface area (Å²) in [5, 5.41) is 6.73. The van der Waals surface area contributed by atoms with E-state index in [9.17, 15) is 4.39 Å². The Kier molecular flexibility index (Phi) is 9.28. The minimum absolute atomic E-state index is 0.113. The van der Waals surface area contributed by atoms with E-state index in [1.165, 1.54) is 6.07 Å². The second-order valence-electron chi connectivity index (χ2n) is 6.87. The summed E-state index contributed by atoms with van der Waals surface area (Å²) in [6, 6.07) is 13.1. The maximum atomic E-state index is 13.6. The highest BCUT2D eigenvalue weighted by Crippen LogP contribution is 2.27. The fourth-order valence-electron chi connectivity index (χ4n) is 3.16. The molecule has 29 heavy (non-hydrogen) atoms. The average Bonchev–Trinajstić information content (AvgIpc) is 2.72. The predicted molar refractivity (Wildman–Crippen MR) is 121 cm³/mol. The number of benzene rings is 2. The van der Waals surface area contributed by atoms with E-state index in [1.807, 2.05) is 44.6 Å². The van der Waals surface area contributed by atoms with E-state index < -0.39 is 0 Å². The lowest BCUT2D eigenvalue weighted by molar-refractivity contribution is 0.287. The topological polar surface area (TPSA) is 48.9 Å². The Morgan fingerprint density at radius 2 is 1.93 bits per heavy atom. The number of nitrogens with one attached hydrogen (secondary N) is 2. The number of hydrogen-bond acceptors (Lipinski definition) is 4. The Bertz CT molecular complexity index is 813. The minimum Gasteiger partial charge on any atom is -0.496 e. The predicted octanol–water partition coefficient (Wildman–Crippen LogP) is 3.67. The van der Waals surface area contributed by atoms with Crippen LogP contribution in [0.25, 0.3) is 0 Å². The van der Waals surface area contributed by atoms with Gasteiger partial charge in [-0.05, 0) is 49.7 Å². The Balaban J connectivity index is 2.04. The normalized spacial score (nSPS) is 12.7. The molecule has 0 heterocycles. The molecule has 2 N–H and O–H groups in total. The molecule has 0 aliphatic rings. The van der Waals surface area contributed by atoms with Crippen molar-refractivity contribution in [3.8, 4) is 5.75 Å². The summed E-state index contributed by atoms with van der Waals surface area (Å²) in [7, 11) is 7.52. The zero-order valence-corrected chi connectivity index (χ0v) is 18.6. The van der Waals surface area contributed by atoms with Crippen molar-refractivity contribution in [1.29, 1.82) is 0 Å². The van der Waals surface area contributed by atoms with E-state index >= 15 is 0 Å². The van der Waals surface area contributed by atoms with Crippen molar-refractivity contribution in [1.82, 2.24) is 15.5 Å². The summed E-state index contributed by atoms with van der Waals surface area (Å²) in [5.74, 6) is 2.14. The van der Waals surface area contributed by atoms with Gasteiger partial charge in [-0.15, -0.1) is 0 Å². The van der Waals surface area contributed by atoms with Gasteiger partial charge in [0.2, 0.25) is 0 Å². The van der Waals surface area contributed by atoms with E-state index in [0.717, 1.165) is 28.2 Å². The molecule has 2 rings (SSSR count). The molecule has 2 aromatic carbocycles. The first-order chi connectivity index (χ1) is 14.0.